The molecule has 0 aliphatic carbocycles. The number of benzene rings is 1. The van der Waals surface area contributed by atoms with Crippen molar-refractivity contribution in [2.75, 3.05) is 11.4 Å². The first-order valence-electron chi connectivity index (χ1n) is 7.89. The molecule has 1 aliphatic heterocycles. The number of rotatable bonds is 3. The lowest BCUT2D eigenvalue weighted by Gasteiger charge is -2.38. The lowest BCUT2D eigenvalue weighted by atomic mass is 9.82. The zero-order chi connectivity index (χ0) is 18.3. The molecule has 1 aromatic heterocycles. The van der Waals surface area contributed by atoms with Crippen LogP contribution in [0, 0.1) is 17.6 Å². The molecule has 0 spiro atoms. The van der Waals surface area contributed by atoms with Gasteiger partial charge in [0.1, 0.15) is 22.4 Å². The van der Waals surface area contributed by atoms with E-state index < -0.39 is 22.6 Å². The Kier molecular flexibility index (Phi) is 4.64. The zero-order valence-electron chi connectivity index (χ0n) is 13.8. The van der Waals surface area contributed by atoms with E-state index in [1.165, 1.54) is 18.3 Å². The maximum absolute atomic E-state index is 13.8. The SMILES string of the molecule is CC(C)C1CN(c2cc(F)c(Cl)c(F)c2)Cc2cnc(C(=O)O)cc21. The first-order chi connectivity index (χ1) is 11.8. The van der Waals surface area contributed by atoms with Crippen molar-refractivity contribution in [1.82, 2.24) is 4.98 Å². The predicted octanol–water partition coefficient (Wildman–Crippen LogP) is 4.47. The molecule has 1 N–H and O–H groups in total. The summed E-state index contributed by atoms with van der Waals surface area (Å²) >= 11 is 5.56. The summed E-state index contributed by atoms with van der Waals surface area (Å²) in [5, 5.41) is 8.64. The standard InChI is InChI=1S/C18H17ClF2N2O2/c1-9(2)13-8-23(11-3-14(20)17(19)15(21)4-11)7-10-6-22-16(18(24)25)5-12(10)13/h3-6,9,13H,7-8H2,1-2H3,(H,24,25). The Balaban J connectivity index is 2.03. The minimum Gasteiger partial charge on any atom is -0.477 e. The number of aromatic nitrogens is 1. The Bertz CT molecular complexity index is 819. The summed E-state index contributed by atoms with van der Waals surface area (Å²) in [5.74, 6) is -2.44. The van der Waals surface area contributed by atoms with Crippen molar-refractivity contribution in [1.29, 1.82) is 0 Å². The van der Waals surface area contributed by atoms with Gasteiger partial charge in [-0.3, -0.25) is 0 Å². The molecule has 0 saturated heterocycles. The van der Waals surface area contributed by atoms with Crippen molar-refractivity contribution in [2.45, 2.75) is 26.3 Å². The zero-order valence-corrected chi connectivity index (χ0v) is 14.5. The summed E-state index contributed by atoms with van der Waals surface area (Å²) in [5.41, 5.74) is 2.18. The maximum atomic E-state index is 13.8. The highest BCUT2D eigenvalue weighted by molar-refractivity contribution is 6.30. The summed E-state index contributed by atoms with van der Waals surface area (Å²) in [4.78, 5) is 17.0. The van der Waals surface area contributed by atoms with Gasteiger partial charge in [0.25, 0.3) is 0 Å². The fourth-order valence-corrected chi connectivity index (χ4v) is 3.30. The second-order valence-corrected chi connectivity index (χ2v) is 6.91. The van der Waals surface area contributed by atoms with Crippen LogP contribution in [0.1, 0.15) is 41.4 Å². The van der Waals surface area contributed by atoms with Crippen LogP contribution in [0.4, 0.5) is 14.5 Å². The predicted molar refractivity (Wildman–Crippen MR) is 91.2 cm³/mol. The van der Waals surface area contributed by atoms with E-state index in [9.17, 15) is 13.6 Å². The van der Waals surface area contributed by atoms with Gasteiger partial charge in [-0.1, -0.05) is 25.4 Å². The first-order valence-corrected chi connectivity index (χ1v) is 8.27. The molecule has 7 heteroatoms. The summed E-state index contributed by atoms with van der Waals surface area (Å²) in [6.07, 6.45) is 1.53. The number of anilines is 1. The molecular weight excluding hydrogens is 350 g/mol. The maximum Gasteiger partial charge on any atom is 0.354 e. The lowest BCUT2D eigenvalue weighted by molar-refractivity contribution is 0.0690. The van der Waals surface area contributed by atoms with E-state index in [1.54, 1.807) is 6.07 Å². The van der Waals surface area contributed by atoms with Crippen LogP contribution in [-0.2, 0) is 6.54 Å². The molecule has 2 heterocycles. The lowest BCUT2D eigenvalue weighted by Crippen LogP contribution is -2.36. The third-order valence-electron chi connectivity index (χ3n) is 4.56. The van der Waals surface area contributed by atoms with E-state index in [0.29, 0.717) is 18.8 Å². The van der Waals surface area contributed by atoms with Gasteiger partial charge in [0.15, 0.2) is 0 Å². The van der Waals surface area contributed by atoms with Crippen molar-refractivity contribution in [3.63, 3.8) is 0 Å². The molecule has 1 unspecified atom stereocenters. The quantitative estimate of drug-likeness (QED) is 0.814. The highest BCUT2D eigenvalue weighted by Gasteiger charge is 2.29. The van der Waals surface area contributed by atoms with Gasteiger partial charge >= 0.3 is 5.97 Å². The average molecular weight is 367 g/mol. The van der Waals surface area contributed by atoms with Gasteiger partial charge in [-0.05, 0) is 35.2 Å². The Labute approximate surface area is 149 Å². The number of carboxylic acid groups (broad SMARTS) is 1. The Hall–Kier alpha value is -2.21. The van der Waals surface area contributed by atoms with E-state index in [-0.39, 0.29) is 17.5 Å². The van der Waals surface area contributed by atoms with E-state index in [1.807, 2.05) is 18.7 Å². The van der Waals surface area contributed by atoms with Crippen molar-refractivity contribution in [2.24, 2.45) is 5.92 Å². The van der Waals surface area contributed by atoms with Gasteiger partial charge in [0, 0.05) is 30.9 Å². The summed E-state index contributed by atoms with van der Waals surface area (Å²) in [6, 6.07) is 4.03. The summed E-state index contributed by atoms with van der Waals surface area (Å²) < 4.78 is 27.6. The monoisotopic (exact) mass is 366 g/mol. The Morgan fingerprint density at radius 3 is 2.52 bits per heavy atom. The number of hydrogen-bond acceptors (Lipinski definition) is 3. The normalized spacial score (nSPS) is 16.9. The van der Waals surface area contributed by atoms with Gasteiger partial charge in [0.05, 0.1) is 0 Å². The minimum atomic E-state index is -1.07. The topological polar surface area (TPSA) is 53.4 Å². The molecule has 2 aromatic rings. The van der Waals surface area contributed by atoms with E-state index in [4.69, 9.17) is 16.7 Å². The van der Waals surface area contributed by atoms with Gasteiger partial charge < -0.3 is 10.0 Å². The fourth-order valence-electron chi connectivity index (χ4n) is 3.19. The Morgan fingerprint density at radius 2 is 1.96 bits per heavy atom. The van der Waals surface area contributed by atoms with E-state index >= 15 is 0 Å². The molecule has 0 amide bonds. The third-order valence-corrected chi connectivity index (χ3v) is 4.92. The van der Waals surface area contributed by atoms with Crippen molar-refractivity contribution in [3.8, 4) is 0 Å². The molecule has 0 fully saturated rings. The summed E-state index contributed by atoms with van der Waals surface area (Å²) in [7, 11) is 0. The third kappa shape index (κ3) is 3.31. The largest absolute Gasteiger partial charge is 0.477 e. The Morgan fingerprint density at radius 1 is 1.32 bits per heavy atom. The number of nitrogens with zero attached hydrogens (tertiary/aromatic N) is 2. The molecule has 132 valence electrons. The highest BCUT2D eigenvalue weighted by Crippen LogP contribution is 2.37. The second kappa shape index (κ2) is 6.59. The first kappa shape index (κ1) is 17.6. The molecule has 0 saturated carbocycles. The van der Waals surface area contributed by atoms with Crippen LogP contribution in [0.2, 0.25) is 5.02 Å². The molecule has 1 atom stereocenters. The molecule has 4 nitrogen and oxygen atoms in total. The number of carbonyl (C=O) groups is 1. The van der Waals surface area contributed by atoms with Gasteiger partial charge in [-0.25, -0.2) is 18.6 Å². The smallest absolute Gasteiger partial charge is 0.354 e. The highest BCUT2D eigenvalue weighted by atomic mass is 35.5. The van der Waals surface area contributed by atoms with E-state index in [0.717, 1.165) is 11.1 Å². The van der Waals surface area contributed by atoms with Crippen LogP contribution >= 0.6 is 11.6 Å². The molecule has 0 bridgehead atoms. The number of halogens is 3. The number of fused-ring (bicyclic) bond motifs is 1. The van der Waals surface area contributed by atoms with Crippen LogP contribution in [0.3, 0.4) is 0 Å². The second-order valence-electron chi connectivity index (χ2n) is 6.53. The van der Waals surface area contributed by atoms with Crippen LogP contribution in [-0.4, -0.2) is 22.6 Å². The van der Waals surface area contributed by atoms with Crippen LogP contribution in [0.25, 0.3) is 0 Å². The molecule has 25 heavy (non-hydrogen) atoms. The molecular formula is C18H17ClF2N2O2. The number of pyridine rings is 1. The molecule has 3 rings (SSSR count). The summed E-state index contributed by atoms with van der Waals surface area (Å²) in [6.45, 7) is 4.98. The molecule has 1 aliphatic rings. The average Bonchev–Trinajstić information content (AvgIpc) is 2.57. The number of hydrogen-bond donors (Lipinski definition) is 1. The van der Waals surface area contributed by atoms with Crippen molar-refractivity contribution < 1.29 is 18.7 Å². The van der Waals surface area contributed by atoms with E-state index in [2.05, 4.69) is 4.98 Å². The van der Waals surface area contributed by atoms with Gasteiger partial charge in [-0.2, -0.15) is 0 Å². The van der Waals surface area contributed by atoms with Crippen LogP contribution < -0.4 is 4.90 Å². The van der Waals surface area contributed by atoms with Gasteiger partial charge in [-0.15, -0.1) is 0 Å². The molecule has 0 radical (unpaired) electrons. The van der Waals surface area contributed by atoms with Crippen LogP contribution in [0.15, 0.2) is 24.4 Å². The van der Waals surface area contributed by atoms with Crippen molar-refractivity contribution in [3.05, 3.63) is 57.9 Å². The number of aromatic carboxylic acids is 1. The van der Waals surface area contributed by atoms with Gasteiger partial charge in [0.2, 0.25) is 0 Å². The fraction of sp³-hybridized carbons (Fsp3) is 0.333. The van der Waals surface area contributed by atoms with Crippen molar-refractivity contribution >= 4 is 23.3 Å². The minimum absolute atomic E-state index is 0.00133. The van der Waals surface area contributed by atoms with Crippen LogP contribution in [0.5, 0.6) is 0 Å². The number of carboxylic acids is 1. The molecule has 1 aromatic carbocycles.